The summed E-state index contributed by atoms with van der Waals surface area (Å²) in [6.07, 6.45) is 1.86. The van der Waals surface area contributed by atoms with Crippen molar-refractivity contribution in [3.63, 3.8) is 0 Å². The molecule has 2 atom stereocenters. The Labute approximate surface area is 200 Å². The first-order chi connectivity index (χ1) is 16.0. The van der Waals surface area contributed by atoms with Gasteiger partial charge in [-0.2, -0.15) is 8.42 Å². The zero-order chi connectivity index (χ0) is 24.9. The molecule has 10 nitrogen and oxygen atoms in total. The van der Waals surface area contributed by atoms with E-state index in [9.17, 15) is 27.1 Å². The molecule has 0 unspecified atom stereocenters. The number of anilines is 1. The monoisotopic (exact) mass is 519 g/mol. The standard InChI is InChI=1S/C20H27F2N5O5S2/c1-2-14(9-32-34(23,30)31)16(28)7-25-19-15(6-24-12-26-19)18(29)17-5-13(10-33-17)8-27-4-3-20(21,22)11-27/h5-6,10,12,14,16,28H,2-4,7-9,11H2,1H3,(H2,23,30,31)(H,24,25,26)/t14-,16+/m1/s1. The maximum Gasteiger partial charge on any atom is 0.333 e. The molecule has 1 saturated heterocycles. The van der Waals surface area contributed by atoms with E-state index in [0.29, 0.717) is 24.4 Å². The van der Waals surface area contributed by atoms with Gasteiger partial charge in [0.15, 0.2) is 0 Å². The molecule has 2 aromatic rings. The number of hydrogen-bond acceptors (Lipinski definition) is 10. The predicted molar refractivity (Wildman–Crippen MR) is 122 cm³/mol. The molecule has 1 aliphatic heterocycles. The maximum absolute atomic E-state index is 13.4. The smallest absolute Gasteiger partial charge is 0.333 e. The van der Waals surface area contributed by atoms with Gasteiger partial charge in [0.05, 0.1) is 29.7 Å². The highest BCUT2D eigenvalue weighted by molar-refractivity contribution is 7.84. The van der Waals surface area contributed by atoms with Crippen molar-refractivity contribution >= 4 is 33.2 Å². The highest BCUT2D eigenvalue weighted by Gasteiger charge is 2.38. The quantitative estimate of drug-likeness (QED) is 0.356. The van der Waals surface area contributed by atoms with E-state index in [2.05, 4.69) is 19.5 Å². The number of aromatic nitrogens is 2. The molecule has 0 aromatic carbocycles. The van der Waals surface area contributed by atoms with E-state index in [1.807, 2.05) is 0 Å². The van der Waals surface area contributed by atoms with Crippen molar-refractivity contribution in [1.82, 2.24) is 14.9 Å². The van der Waals surface area contributed by atoms with Crippen LogP contribution in [0.25, 0.3) is 0 Å². The molecule has 1 fully saturated rings. The Kier molecular flexibility index (Phi) is 8.65. The number of likely N-dealkylation sites (tertiary alicyclic amines) is 1. The minimum atomic E-state index is -4.13. The number of rotatable bonds is 12. The molecule has 0 bridgehead atoms. The summed E-state index contributed by atoms with van der Waals surface area (Å²) in [5.74, 6) is -3.34. The van der Waals surface area contributed by atoms with E-state index < -0.39 is 28.2 Å². The van der Waals surface area contributed by atoms with Crippen molar-refractivity contribution in [2.75, 3.05) is 31.6 Å². The van der Waals surface area contributed by atoms with Gasteiger partial charge in [-0.15, -0.1) is 11.3 Å². The number of aliphatic hydroxyl groups excluding tert-OH is 1. The van der Waals surface area contributed by atoms with Gasteiger partial charge in [-0.3, -0.25) is 13.9 Å². The molecular formula is C20H27F2N5O5S2. The van der Waals surface area contributed by atoms with Crippen LogP contribution in [0.4, 0.5) is 14.6 Å². The first kappa shape index (κ1) is 26.5. The lowest BCUT2D eigenvalue weighted by Gasteiger charge is -2.21. The van der Waals surface area contributed by atoms with E-state index in [1.165, 1.54) is 23.9 Å². The van der Waals surface area contributed by atoms with E-state index in [4.69, 9.17) is 5.14 Å². The van der Waals surface area contributed by atoms with Crippen LogP contribution < -0.4 is 10.5 Å². The molecule has 3 rings (SSSR count). The summed E-state index contributed by atoms with van der Waals surface area (Å²) in [5, 5.41) is 19.9. The molecule has 4 N–H and O–H groups in total. The molecule has 188 valence electrons. The Morgan fingerprint density at radius 1 is 1.47 bits per heavy atom. The number of nitrogens with zero attached hydrogens (tertiary/aromatic N) is 3. The van der Waals surface area contributed by atoms with Gasteiger partial charge in [-0.25, -0.2) is 23.9 Å². The van der Waals surface area contributed by atoms with Crippen LogP contribution in [0.5, 0.6) is 0 Å². The molecule has 0 aliphatic carbocycles. The molecule has 0 spiro atoms. The van der Waals surface area contributed by atoms with E-state index in [1.54, 1.807) is 23.3 Å². The van der Waals surface area contributed by atoms with Gasteiger partial charge in [-0.1, -0.05) is 6.92 Å². The molecule has 14 heteroatoms. The topological polar surface area (TPSA) is 148 Å². The van der Waals surface area contributed by atoms with Gasteiger partial charge in [0, 0.05) is 38.2 Å². The summed E-state index contributed by atoms with van der Waals surface area (Å²) < 4.78 is 53.4. The van der Waals surface area contributed by atoms with Gasteiger partial charge in [0.25, 0.3) is 5.92 Å². The van der Waals surface area contributed by atoms with Crippen LogP contribution >= 0.6 is 11.3 Å². The molecule has 1 aliphatic rings. The van der Waals surface area contributed by atoms with Crippen LogP contribution in [-0.2, 0) is 21.0 Å². The average molecular weight is 520 g/mol. The number of hydrogen-bond donors (Lipinski definition) is 3. The third-order valence-electron chi connectivity index (χ3n) is 5.48. The maximum atomic E-state index is 13.4. The highest BCUT2D eigenvalue weighted by Crippen LogP contribution is 2.29. The van der Waals surface area contributed by atoms with Crippen LogP contribution in [0.3, 0.4) is 0 Å². The summed E-state index contributed by atoms with van der Waals surface area (Å²) in [6, 6.07) is 1.67. The molecule has 3 heterocycles. The van der Waals surface area contributed by atoms with E-state index >= 15 is 0 Å². The minimum Gasteiger partial charge on any atom is -0.391 e. The van der Waals surface area contributed by atoms with Crippen molar-refractivity contribution in [1.29, 1.82) is 0 Å². The number of carbonyl (C=O) groups excluding carboxylic acids is 1. The Balaban J connectivity index is 1.63. The molecule has 0 amide bonds. The van der Waals surface area contributed by atoms with E-state index in [0.717, 1.165) is 5.56 Å². The normalized spacial score (nSPS) is 18.0. The van der Waals surface area contributed by atoms with Crippen LogP contribution in [0.2, 0.25) is 0 Å². The lowest BCUT2D eigenvalue weighted by atomic mass is 10.0. The summed E-state index contributed by atoms with van der Waals surface area (Å²) in [7, 11) is -4.13. The Bertz CT molecular complexity index is 1100. The zero-order valence-corrected chi connectivity index (χ0v) is 20.1. The average Bonchev–Trinajstić information content (AvgIpc) is 3.37. The second-order valence-electron chi connectivity index (χ2n) is 8.14. The first-order valence-corrected chi connectivity index (χ1v) is 12.9. The SMILES string of the molecule is CC[C@H](COS(N)(=O)=O)[C@@H](O)CNc1ncncc1C(=O)c1cc(CN2CCC(F)(F)C2)cs1. The van der Waals surface area contributed by atoms with Crippen molar-refractivity contribution < 1.29 is 31.3 Å². The van der Waals surface area contributed by atoms with Crippen molar-refractivity contribution in [3.05, 3.63) is 40.0 Å². The molecular weight excluding hydrogens is 492 g/mol. The number of carbonyl (C=O) groups is 1. The van der Waals surface area contributed by atoms with Crippen molar-refractivity contribution in [3.8, 4) is 0 Å². The lowest BCUT2D eigenvalue weighted by Crippen LogP contribution is -2.33. The molecule has 34 heavy (non-hydrogen) atoms. The second kappa shape index (κ2) is 11.1. The summed E-state index contributed by atoms with van der Waals surface area (Å²) in [5.41, 5.74) is 0.957. The molecule has 0 saturated carbocycles. The Morgan fingerprint density at radius 3 is 2.88 bits per heavy atom. The van der Waals surface area contributed by atoms with Gasteiger partial charge < -0.3 is 10.4 Å². The predicted octanol–water partition coefficient (Wildman–Crippen LogP) is 1.63. The number of nitrogens with one attached hydrogen (secondary N) is 1. The largest absolute Gasteiger partial charge is 0.391 e. The van der Waals surface area contributed by atoms with Crippen LogP contribution in [0.15, 0.2) is 24.0 Å². The lowest BCUT2D eigenvalue weighted by molar-refractivity contribution is 0.0115. The Hall–Kier alpha value is -2.10. The van der Waals surface area contributed by atoms with Gasteiger partial charge in [-0.05, 0) is 23.4 Å². The Morgan fingerprint density at radius 2 is 2.24 bits per heavy atom. The summed E-state index contributed by atoms with van der Waals surface area (Å²) >= 11 is 1.20. The fourth-order valence-corrected chi connectivity index (χ4v) is 4.82. The van der Waals surface area contributed by atoms with Crippen LogP contribution in [0, 0.1) is 5.92 Å². The zero-order valence-electron chi connectivity index (χ0n) is 18.5. The van der Waals surface area contributed by atoms with Gasteiger partial charge in [0.2, 0.25) is 5.78 Å². The number of ketones is 1. The fourth-order valence-electron chi connectivity index (χ4n) is 3.60. The number of nitrogens with two attached hydrogens (primary N) is 1. The fraction of sp³-hybridized carbons (Fsp3) is 0.550. The number of halogens is 2. The highest BCUT2D eigenvalue weighted by atomic mass is 32.2. The first-order valence-electron chi connectivity index (χ1n) is 10.6. The van der Waals surface area contributed by atoms with Gasteiger partial charge in [0.1, 0.15) is 12.1 Å². The minimum absolute atomic E-state index is 0.0252. The third kappa shape index (κ3) is 7.45. The van der Waals surface area contributed by atoms with Crippen molar-refractivity contribution in [2.24, 2.45) is 11.1 Å². The third-order valence-corrected chi connectivity index (χ3v) is 6.93. The van der Waals surface area contributed by atoms with Crippen LogP contribution in [0.1, 0.15) is 40.6 Å². The summed E-state index contributed by atoms with van der Waals surface area (Å²) in [6.45, 7) is 1.79. The number of alkyl halides is 2. The molecule has 2 aromatic heterocycles. The van der Waals surface area contributed by atoms with Crippen molar-refractivity contribution in [2.45, 2.75) is 38.3 Å². The number of aliphatic hydroxyl groups is 1. The summed E-state index contributed by atoms with van der Waals surface area (Å²) in [4.78, 5) is 23.1. The van der Waals surface area contributed by atoms with Gasteiger partial charge >= 0.3 is 10.3 Å². The molecule has 0 radical (unpaired) electrons. The number of thiophene rings is 1. The second-order valence-corrected chi connectivity index (χ2v) is 10.3. The van der Waals surface area contributed by atoms with Crippen LogP contribution in [-0.4, -0.2) is 72.4 Å². The van der Waals surface area contributed by atoms with E-state index in [-0.39, 0.29) is 43.3 Å².